The summed E-state index contributed by atoms with van der Waals surface area (Å²) in [5, 5.41) is 1.50. The van der Waals surface area contributed by atoms with Crippen LogP contribution in [0.3, 0.4) is 0 Å². The number of hydrogen-bond donors (Lipinski definition) is 0. The Balaban J connectivity index is 2.39. The van der Waals surface area contributed by atoms with Gasteiger partial charge < -0.3 is 4.57 Å². The highest BCUT2D eigenvalue weighted by Gasteiger charge is 1.99. The van der Waals surface area contributed by atoms with Crippen molar-refractivity contribution < 1.29 is 0 Å². The molecule has 1 aromatic carbocycles. The first kappa shape index (κ1) is 9.74. The highest BCUT2D eigenvalue weighted by molar-refractivity contribution is 9.08. The fourth-order valence-corrected chi connectivity index (χ4v) is 1.68. The Morgan fingerprint density at radius 1 is 1.43 bits per heavy atom. The highest BCUT2D eigenvalue weighted by Crippen LogP contribution is 2.15. The van der Waals surface area contributed by atoms with Crippen LogP contribution < -0.4 is 0 Å². The predicted molar refractivity (Wildman–Crippen MR) is 61.2 cm³/mol. The van der Waals surface area contributed by atoms with E-state index in [1.54, 1.807) is 6.33 Å². The van der Waals surface area contributed by atoms with E-state index in [0.29, 0.717) is 0 Å². The molecular weight excluding hydrogens is 263 g/mol. The minimum atomic E-state index is 0.733. The van der Waals surface area contributed by atoms with Gasteiger partial charge in [0.15, 0.2) is 0 Å². The van der Waals surface area contributed by atoms with Crippen molar-refractivity contribution in [2.45, 2.75) is 5.33 Å². The van der Waals surface area contributed by atoms with Crippen LogP contribution in [-0.4, -0.2) is 9.55 Å². The maximum atomic E-state index is 5.89. The number of aromatic nitrogens is 2. The smallest absolute Gasteiger partial charge is 0.0995 e. The first-order valence-electron chi connectivity index (χ1n) is 4.14. The SMILES string of the molecule is Clc1cccc(-n2cnc(CBr)c2)c1. The van der Waals surface area contributed by atoms with Gasteiger partial charge in [-0.05, 0) is 18.2 Å². The quantitative estimate of drug-likeness (QED) is 0.765. The van der Waals surface area contributed by atoms with Crippen LogP contribution in [0.4, 0.5) is 0 Å². The molecule has 1 heterocycles. The van der Waals surface area contributed by atoms with Gasteiger partial charge in [0.1, 0.15) is 0 Å². The van der Waals surface area contributed by atoms with E-state index in [1.807, 2.05) is 35.0 Å². The van der Waals surface area contributed by atoms with Crippen LogP contribution in [0.2, 0.25) is 5.02 Å². The van der Waals surface area contributed by atoms with Gasteiger partial charge in [-0.25, -0.2) is 4.98 Å². The van der Waals surface area contributed by atoms with Crippen LogP contribution in [0.25, 0.3) is 5.69 Å². The van der Waals surface area contributed by atoms with E-state index in [4.69, 9.17) is 11.6 Å². The number of imidazole rings is 1. The van der Waals surface area contributed by atoms with Crippen molar-refractivity contribution in [3.63, 3.8) is 0 Å². The molecule has 0 N–H and O–H groups in total. The first-order chi connectivity index (χ1) is 6.79. The summed E-state index contributed by atoms with van der Waals surface area (Å²) in [6.07, 6.45) is 3.75. The Bertz CT molecular complexity index is 439. The van der Waals surface area contributed by atoms with Gasteiger partial charge in [-0.2, -0.15) is 0 Å². The molecule has 0 fully saturated rings. The van der Waals surface area contributed by atoms with E-state index in [1.165, 1.54) is 0 Å². The van der Waals surface area contributed by atoms with Crippen molar-refractivity contribution in [1.82, 2.24) is 9.55 Å². The normalized spacial score (nSPS) is 10.4. The van der Waals surface area contributed by atoms with E-state index in [2.05, 4.69) is 20.9 Å². The van der Waals surface area contributed by atoms with Crippen LogP contribution in [0.15, 0.2) is 36.8 Å². The van der Waals surface area contributed by atoms with Crippen LogP contribution in [-0.2, 0) is 5.33 Å². The summed E-state index contributed by atoms with van der Waals surface area (Å²) in [6.45, 7) is 0. The van der Waals surface area contributed by atoms with Gasteiger partial charge in [-0.15, -0.1) is 0 Å². The molecular formula is C10H8BrClN2. The molecule has 0 bridgehead atoms. The van der Waals surface area contributed by atoms with Crippen molar-refractivity contribution in [3.8, 4) is 5.69 Å². The number of rotatable bonds is 2. The zero-order valence-corrected chi connectivity index (χ0v) is 9.66. The van der Waals surface area contributed by atoms with Gasteiger partial charge in [0, 0.05) is 22.2 Å². The second-order valence-corrected chi connectivity index (χ2v) is 3.88. The van der Waals surface area contributed by atoms with E-state index >= 15 is 0 Å². The number of hydrogen-bond acceptors (Lipinski definition) is 1. The molecule has 4 heteroatoms. The van der Waals surface area contributed by atoms with Crippen LogP contribution in [0.5, 0.6) is 0 Å². The molecule has 0 aliphatic rings. The summed E-state index contributed by atoms with van der Waals surface area (Å²) in [5.74, 6) is 0. The summed E-state index contributed by atoms with van der Waals surface area (Å²) in [6, 6.07) is 7.67. The summed E-state index contributed by atoms with van der Waals surface area (Å²) >= 11 is 9.25. The van der Waals surface area contributed by atoms with Gasteiger partial charge in [0.2, 0.25) is 0 Å². The van der Waals surface area contributed by atoms with E-state index < -0.39 is 0 Å². The Morgan fingerprint density at radius 2 is 2.29 bits per heavy atom. The highest BCUT2D eigenvalue weighted by atomic mass is 79.9. The van der Waals surface area contributed by atoms with Crippen molar-refractivity contribution in [2.75, 3.05) is 0 Å². The molecule has 0 amide bonds. The lowest BCUT2D eigenvalue weighted by Gasteiger charge is -2.00. The average molecular weight is 272 g/mol. The lowest BCUT2D eigenvalue weighted by Crippen LogP contribution is -1.88. The third-order valence-corrected chi connectivity index (χ3v) is 2.69. The fraction of sp³-hybridized carbons (Fsp3) is 0.100. The molecule has 0 radical (unpaired) electrons. The monoisotopic (exact) mass is 270 g/mol. The molecule has 0 spiro atoms. The van der Waals surface area contributed by atoms with Crippen molar-refractivity contribution >= 4 is 27.5 Å². The van der Waals surface area contributed by atoms with Crippen molar-refractivity contribution in [3.05, 3.63) is 47.5 Å². The molecule has 2 rings (SSSR count). The Labute approximate surface area is 95.7 Å². The molecule has 2 nitrogen and oxygen atoms in total. The van der Waals surface area contributed by atoms with Crippen LogP contribution in [0.1, 0.15) is 5.69 Å². The Morgan fingerprint density at radius 3 is 2.93 bits per heavy atom. The molecule has 72 valence electrons. The number of nitrogens with zero attached hydrogens (tertiary/aromatic N) is 2. The summed E-state index contributed by atoms with van der Waals surface area (Å²) in [5.41, 5.74) is 2.03. The topological polar surface area (TPSA) is 17.8 Å². The maximum absolute atomic E-state index is 5.89. The lowest BCUT2D eigenvalue weighted by atomic mass is 10.3. The van der Waals surface area contributed by atoms with Crippen molar-refractivity contribution in [1.29, 1.82) is 0 Å². The lowest BCUT2D eigenvalue weighted by molar-refractivity contribution is 1.06. The predicted octanol–water partition coefficient (Wildman–Crippen LogP) is 3.42. The molecule has 0 aliphatic heterocycles. The standard InChI is InChI=1S/C10H8BrClN2/c11-5-9-6-14(7-13-9)10-3-1-2-8(12)4-10/h1-4,6-7H,5H2. The van der Waals surface area contributed by atoms with E-state index in [-0.39, 0.29) is 0 Å². The third kappa shape index (κ3) is 1.99. The fourth-order valence-electron chi connectivity index (χ4n) is 1.21. The molecule has 2 aromatic rings. The van der Waals surface area contributed by atoms with E-state index in [9.17, 15) is 0 Å². The van der Waals surface area contributed by atoms with Gasteiger partial charge in [-0.3, -0.25) is 0 Å². The van der Waals surface area contributed by atoms with Crippen molar-refractivity contribution in [2.24, 2.45) is 0 Å². The molecule has 1 aromatic heterocycles. The molecule has 0 atom stereocenters. The number of halogens is 2. The summed E-state index contributed by atoms with van der Waals surface area (Å²) < 4.78 is 1.95. The zero-order valence-electron chi connectivity index (χ0n) is 7.32. The van der Waals surface area contributed by atoms with Gasteiger partial charge in [0.25, 0.3) is 0 Å². The van der Waals surface area contributed by atoms with E-state index in [0.717, 1.165) is 21.7 Å². The van der Waals surface area contributed by atoms with Crippen LogP contribution in [0, 0.1) is 0 Å². The summed E-state index contributed by atoms with van der Waals surface area (Å²) in [4.78, 5) is 4.21. The van der Waals surface area contributed by atoms with Gasteiger partial charge in [0.05, 0.1) is 12.0 Å². The van der Waals surface area contributed by atoms with Gasteiger partial charge >= 0.3 is 0 Å². The second kappa shape index (κ2) is 4.15. The minimum absolute atomic E-state index is 0.733. The Hall–Kier alpha value is -0.800. The molecule has 0 aliphatic carbocycles. The maximum Gasteiger partial charge on any atom is 0.0995 e. The molecule has 14 heavy (non-hydrogen) atoms. The largest absolute Gasteiger partial charge is 0.306 e. The number of benzene rings is 1. The first-order valence-corrected chi connectivity index (χ1v) is 5.64. The average Bonchev–Trinajstić information content (AvgIpc) is 2.66. The Kier molecular flexibility index (Phi) is 2.89. The molecule has 0 saturated heterocycles. The number of alkyl halides is 1. The third-order valence-electron chi connectivity index (χ3n) is 1.88. The molecule has 0 unspecified atom stereocenters. The second-order valence-electron chi connectivity index (χ2n) is 2.89. The zero-order chi connectivity index (χ0) is 9.97. The van der Waals surface area contributed by atoms with Gasteiger partial charge in [-0.1, -0.05) is 33.6 Å². The minimum Gasteiger partial charge on any atom is -0.306 e. The van der Waals surface area contributed by atoms with Crippen LogP contribution >= 0.6 is 27.5 Å². The summed E-state index contributed by atoms with van der Waals surface area (Å²) in [7, 11) is 0. The molecule has 0 saturated carbocycles.